The molecule has 0 saturated heterocycles. The Balaban J connectivity index is 2.11. The number of amides is 2. The Kier molecular flexibility index (Phi) is 11.9. The largest absolute Gasteiger partial charge is 0.370 e. The van der Waals surface area contributed by atoms with Crippen molar-refractivity contribution < 1.29 is 14.4 Å². The van der Waals surface area contributed by atoms with E-state index in [1.807, 2.05) is 60.7 Å². The van der Waals surface area contributed by atoms with E-state index in [1.54, 1.807) is 0 Å². The Morgan fingerprint density at radius 2 is 1.43 bits per heavy atom. The average Bonchev–Trinajstić information content (AvgIpc) is 2.85. The number of imide groups is 1. The van der Waals surface area contributed by atoms with Crippen LogP contribution in [0.4, 0.5) is 0 Å². The van der Waals surface area contributed by atoms with Crippen molar-refractivity contribution in [1.29, 1.82) is 0 Å². The van der Waals surface area contributed by atoms with Gasteiger partial charge in [0.2, 0.25) is 11.8 Å². The van der Waals surface area contributed by atoms with Gasteiger partial charge in [0, 0.05) is 6.54 Å². The van der Waals surface area contributed by atoms with Crippen LogP contribution in [0, 0.1) is 0 Å². The lowest BCUT2D eigenvalue weighted by Gasteiger charge is -2.24. The normalized spacial score (nSPS) is 13.3. The minimum Gasteiger partial charge on any atom is -0.370 e. The van der Waals surface area contributed by atoms with Crippen LogP contribution in [0.1, 0.15) is 24.0 Å². The summed E-state index contributed by atoms with van der Waals surface area (Å²) in [4.78, 5) is 42.2. The first kappa shape index (κ1) is 28.0. The monoisotopic (exact) mass is 500 g/mol. The molecule has 0 aromatic heterocycles. The van der Waals surface area contributed by atoms with Gasteiger partial charge in [0.15, 0.2) is 11.7 Å². The summed E-state index contributed by atoms with van der Waals surface area (Å²) in [5.41, 5.74) is 18.5. The molecule has 0 heterocycles. The molecule has 0 bridgehead atoms. The number of nitrogens with one attached hydrogen (secondary N) is 2. The first-order valence-corrected chi connectivity index (χ1v) is 11.9. The fourth-order valence-corrected chi connectivity index (χ4v) is 3.70. The van der Waals surface area contributed by atoms with Crippen LogP contribution >= 0.6 is 11.6 Å². The molecular weight excluding hydrogens is 468 g/mol. The molecular formula is C25H33ClN6O3. The van der Waals surface area contributed by atoms with Crippen LogP contribution in [-0.4, -0.2) is 54.1 Å². The lowest BCUT2D eigenvalue weighted by atomic mass is 10.0. The zero-order valence-corrected chi connectivity index (χ0v) is 20.3. The molecule has 9 nitrogen and oxygen atoms in total. The zero-order valence-electron chi connectivity index (χ0n) is 19.5. The summed E-state index contributed by atoms with van der Waals surface area (Å²) >= 11 is 5.81. The van der Waals surface area contributed by atoms with Crippen LogP contribution in [0.2, 0.25) is 0 Å². The molecule has 3 atom stereocenters. The van der Waals surface area contributed by atoms with Crippen LogP contribution in [-0.2, 0) is 27.2 Å². The van der Waals surface area contributed by atoms with Gasteiger partial charge < -0.3 is 17.2 Å². The number of hydrogen-bond donors (Lipinski definition) is 5. The molecule has 8 N–H and O–H groups in total. The molecule has 2 aromatic rings. The van der Waals surface area contributed by atoms with Crippen molar-refractivity contribution in [1.82, 2.24) is 10.6 Å². The number of nitrogens with zero attached hydrogens (tertiary/aromatic N) is 1. The molecule has 10 heteroatoms. The predicted octanol–water partition coefficient (Wildman–Crippen LogP) is 0.630. The fourth-order valence-electron chi connectivity index (χ4n) is 3.52. The maximum Gasteiger partial charge on any atom is 0.244 e. The topological polar surface area (TPSA) is 166 Å². The lowest BCUT2D eigenvalue weighted by molar-refractivity contribution is -0.132. The van der Waals surface area contributed by atoms with Crippen LogP contribution < -0.4 is 27.8 Å². The van der Waals surface area contributed by atoms with E-state index in [4.69, 9.17) is 28.8 Å². The van der Waals surface area contributed by atoms with Crippen molar-refractivity contribution in [2.75, 3.05) is 12.4 Å². The van der Waals surface area contributed by atoms with Gasteiger partial charge in [-0.1, -0.05) is 60.7 Å². The number of guanidine groups is 1. The number of benzene rings is 2. The van der Waals surface area contributed by atoms with Gasteiger partial charge in [-0.2, -0.15) is 0 Å². The molecule has 0 radical (unpaired) electrons. The third-order valence-electron chi connectivity index (χ3n) is 5.35. The van der Waals surface area contributed by atoms with Crippen molar-refractivity contribution in [3.8, 4) is 0 Å². The first-order valence-electron chi connectivity index (χ1n) is 11.4. The maximum absolute atomic E-state index is 13.1. The Morgan fingerprint density at radius 3 is 1.97 bits per heavy atom. The minimum atomic E-state index is -0.904. The van der Waals surface area contributed by atoms with E-state index in [9.17, 15) is 14.4 Å². The highest BCUT2D eigenvalue weighted by molar-refractivity contribution is 6.28. The summed E-state index contributed by atoms with van der Waals surface area (Å²) in [5.74, 6) is -1.69. The molecule has 2 rings (SSSR count). The number of rotatable bonds is 14. The third-order valence-corrected chi connectivity index (χ3v) is 5.61. The number of carbonyl (C=O) groups is 3. The van der Waals surface area contributed by atoms with E-state index in [0.29, 0.717) is 19.4 Å². The van der Waals surface area contributed by atoms with Crippen molar-refractivity contribution in [3.63, 3.8) is 0 Å². The molecule has 2 aromatic carbocycles. The van der Waals surface area contributed by atoms with Crippen molar-refractivity contribution in [2.24, 2.45) is 22.2 Å². The molecule has 0 aliphatic rings. The minimum absolute atomic E-state index is 0.0372. The van der Waals surface area contributed by atoms with Gasteiger partial charge >= 0.3 is 0 Å². The summed E-state index contributed by atoms with van der Waals surface area (Å²) in [6, 6.07) is 16.1. The summed E-state index contributed by atoms with van der Waals surface area (Å²) in [7, 11) is 0. The number of hydrogen-bond acceptors (Lipinski definition) is 6. The van der Waals surface area contributed by atoms with Crippen LogP contribution in [0.3, 0.4) is 0 Å². The van der Waals surface area contributed by atoms with Gasteiger partial charge in [-0.3, -0.25) is 30.0 Å². The Hall–Kier alpha value is -3.27. The number of alkyl halides is 1. The van der Waals surface area contributed by atoms with Gasteiger partial charge in [-0.25, -0.2) is 0 Å². The van der Waals surface area contributed by atoms with E-state index in [0.717, 1.165) is 11.1 Å². The third kappa shape index (κ3) is 10.3. The molecule has 0 saturated carbocycles. The highest BCUT2D eigenvalue weighted by Gasteiger charge is 2.28. The second-order valence-electron chi connectivity index (χ2n) is 8.16. The van der Waals surface area contributed by atoms with Crippen molar-refractivity contribution >= 4 is 35.2 Å². The van der Waals surface area contributed by atoms with E-state index >= 15 is 0 Å². The van der Waals surface area contributed by atoms with Crippen LogP contribution in [0.15, 0.2) is 65.7 Å². The Bertz CT molecular complexity index is 983. The standard InChI is InChI=1S/C25H33ClN6O3/c26-16-22(33)20(12-7-13-30-25(28)29)31-21(15-18-10-5-2-6-11-18)24(35)32-23(34)19(27)14-17-8-3-1-4-9-17/h1-6,8-11,19-21,31H,7,12-16,27H2,(H4,28,29,30)(H,32,34,35). The Morgan fingerprint density at radius 1 is 0.857 bits per heavy atom. The van der Waals surface area contributed by atoms with Gasteiger partial charge in [0.05, 0.1) is 24.0 Å². The lowest BCUT2D eigenvalue weighted by Crippen LogP contribution is -2.55. The highest BCUT2D eigenvalue weighted by atomic mass is 35.5. The molecule has 0 aliphatic carbocycles. The second kappa shape index (κ2) is 14.9. The zero-order chi connectivity index (χ0) is 25.6. The van der Waals surface area contributed by atoms with E-state index in [2.05, 4.69) is 15.6 Å². The van der Waals surface area contributed by atoms with Crippen LogP contribution in [0.5, 0.6) is 0 Å². The van der Waals surface area contributed by atoms with Crippen molar-refractivity contribution in [3.05, 3.63) is 71.8 Å². The number of nitrogens with two attached hydrogens (primary N) is 3. The number of ketones is 1. The summed E-state index contributed by atoms with van der Waals surface area (Å²) in [5, 5.41) is 5.49. The van der Waals surface area contributed by atoms with Crippen LogP contribution in [0.25, 0.3) is 0 Å². The summed E-state index contributed by atoms with van der Waals surface area (Å²) in [6.45, 7) is 0.332. The first-order chi connectivity index (χ1) is 16.8. The smallest absolute Gasteiger partial charge is 0.244 e. The summed E-state index contributed by atoms with van der Waals surface area (Å²) in [6.07, 6.45) is 1.41. The molecule has 2 amide bonds. The number of carbonyl (C=O) groups excluding carboxylic acids is 3. The summed E-state index contributed by atoms with van der Waals surface area (Å²) < 4.78 is 0. The van der Waals surface area contributed by atoms with E-state index in [-0.39, 0.29) is 30.5 Å². The molecule has 0 aliphatic heterocycles. The Labute approximate surface area is 210 Å². The molecule has 35 heavy (non-hydrogen) atoms. The predicted molar refractivity (Wildman–Crippen MR) is 138 cm³/mol. The van der Waals surface area contributed by atoms with Gasteiger partial charge in [-0.15, -0.1) is 11.6 Å². The highest BCUT2D eigenvalue weighted by Crippen LogP contribution is 2.09. The van der Waals surface area contributed by atoms with Gasteiger partial charge in [-0.05, 0) is 36.8 Å². The second-order valence-corrected chi connectivity index (χ2v) is 8.43. The molecule has 0 spiro atoms. The molecule has 188 valence electrons. The van der Waals surface area contributed by atoms with Gasteiger partial charge in [0.25, 0.3) is 0 Å². The molecule has 0 fully saturated rings. The van der Waals surface area contributed by atoms with E-state index < -0.39 is 29.9 Å². The quantitative estimate of drug-likeness (QED) is 0.110. The fraction of sp³-hybridized carbons (Fsp3) is 0.360. The number of halogens is 1. The SMILES string of the molecule is NC(N)=NCCCC(NC(Cc1ccccc1)C(=O)NC(=O)C(N)Cc1ccccc1)C(=O)CCl. The van der Waals surface area contributed by atoms with Crippen molar-refractivity contribution in [2.45, 2.75) is 43.8 Å². The van der Waals surface area contributed by atoms with Gasteiger partial charge in [0.1, 0.15) is 0 Å². The number of aliphatic imine (C=N–C) groups is 1. The molecule has 3 unspecified atom stereocenters. The maximum atomic E-state index is 13.1. The number of Topliss-reactive ketones (excluding diaryl/α,β-unsaturated/α-hetero) is 1. The van der Waals surface area contributed by atoms with E-state index in [1.165, 1.54) is 0 Å². The average molecular weight is 501 g/mol.